The lowest BCUT2D eigenvalue weighted by Gasteiger charge is -2.07. The van der Waals surface area contributed by atoms with Crippen LogP contribution in [0, 0.1) is 0 Å². The summed E-state index contributed by atoms with van der Waals surface area (Å²) in [5, 5.41) is 6.09. The van der Waals surface area contributed by atoms with E-state index >= 15 is 0 Å². The molecular weight excluding hydrogens is 330 g/mol. The van der Waals surface area contributed by atoms with Gasteiger partial charge in [-0.25, -0.2) is 4.98 Å². The number of nitrogens with one attached hydrogen (secondary N) is 2. The zero-order valence-electron chi connectivity index (χ0n) is 11.9. The maximum absolute atomic E-state index is 12.1. The molecule has 0 aliphatic carbocycles. The zero-order chi connectivity index (χ0) is 15.1. The van der Waals surface area contributed by atoms with Crippen LogP contribution in [0.2, 0.25) is 0 Å². The average molecular weight is 348 g/mol. The van der Waals surface area contributed by atoms with Crippen molar-refractivity contribution in [2.45, 2.75) is 19.8 Å². The topological polar surface area (TPSA) is 54.0 Å². The summed E-state index contributed by atoms with van der Waals surface area (Å²) in [6, 6.07) is 11.1. The second-order valence-corrected chi connectivity index (χ2v) is 5.59. The van der Waals surface area contributed by atoms with Crippen molar-refractivity contribution in [2.75, 3.05) is 17.2 Å². The predicted octanol–water partition coefficient (Wildman–Crippen LogP) is 4.31. The highest BCUT2D eigenvalue weighted by Crippen LogP contribution is 2.16. The number of pyridine rings is 1. The lowest BCUT2D eigenvalue weighted by molar-refractivity contribution is 0.102. The molecule has 0 aliphatic rings. The van der Waals surface area contributed by atoms with Crippen LogP contribution in [0.15, 0.2) is 47.1 Å². The van der Waals surface area contributed by atoms with Crippen LogP contribution in [0.1, 0.15) is 30.3 Å². The van der Waals surface area contributed by atoms with Gasteiger partial charge in [-0.2, -0.15) is 0 Å². The van der Waals surface area contributed by atoms with Gasteiger partial charge < -0.3 is 10.6 Å². The second-order valence-electron chi connectivity index (χ2n) is 4.68. The van der Waals surface area contributed by atoms with E-state index in [-0.39, 0.29) is 5.91 Å². The monoisotopic (exact) mass is 347 g/mol. The molecule has 1 aromatic heterocycles. The fraction of sp³-hybridized carbons (Fsp3) is 0.250. The number of benzene rings is 1. The lowest BCUT2D eigenvalue weighted by atomic mass is 10.2. The number of aromatic nitrogens is 1. The van der Waals surface area contributed by atoms with Gasteiger partial charge in [0.25, 0.3) is 5.91 Å². The molecule has 0 spiro atoms. The van der Waals surface area contributed by atoms with Crippen molar-refractivity contribution in [3.05, 3.63) is 52.8 Å². The van der Waals surface area contributed by atoms with Gasteiger partial charge in [-0.15, -0.1) is 0 Å². The van der Waals surface area contributed by atoms with Crippen LogP contribution in [0.5, 0.6) is 0 Å². The first-order valence-corrected chi connectivity index (χ1v) is 7.75. The zero-order valence-corrected chi connectivity index (χ0v) is 13.5. The van der Waals surface area contributed by atoms with Crippen LogP contribution in [0.4, 0.5) is 11.4 Å². The predicted molar refractivity (Wildman–Crippen MR) is 89.7 cm³/mol. The Kier molecular flexibility index (Phi) is 5.75. The van der Waals surface area contributed by atoms with Crippen molar-refractivity contribution in [2.24, 2.45) is 0 Å². The average Bonchev–Trinajstić information content (AvgIpc) is 2.48. The van der Waals surface area contributed by atoms with Crippen LogP contribution >= 0.6 is 15.9 Å². The quantitative estimate of drug-likeness (QED) is 0.765. The smallest absolute Gasteiger partial charge is 0.274 e. The van der Waals surface area contributed by atoms with Crippen LogP contribution in [0.3, 0.4) is 0 Å². The SMILES string of the molecule is CCCCNc1ccc(C(=O)Nc2cccc(Br)c2)nc1. The molecule has 1 amide bonds. The van der Waals surface area contributed by atoms with Crippen LogP contribution in [-0.4, -0.2) is 17.4 Å². The van der Waals surface area contributed by atoms with Crippen LogP contribution < -0.4 is 10.6 Å². The largest absolute Gasteiger partial charge is 0.384 e. The molecule has 1 aromatic carbocycles. The fourth-order valence-corrected chi connectivity index (χ4v) is 2.20. The Morgan fingerprint density at radius 1 is 1.24 bits per heavy atom. The minimum Gasteiger partial charge on any atom is -0.384 e. The normalized spacial score (nSPS) is 10.2. The van der Waals surface area contributed by atoms with Gasteiger partial charge in [0.05, 0.1) is 11.9 Å². The van der Waals surface area contributed by atoms with Crippen LogP contribution in [0.25, 0.3) is 0 Å². The molecule has 5 heteroatoms. The summed E-state index contributed by atoms with van der Waals surface area (Å²) < 4.78 is 0.920. The number of rotatable bonds is 6. The summed E-state index contributed by atoms with van der Waals surface area (Å²) in [6.45, 7) is 3.07. The number of hydrogen-bond acceptors (Lipinski definition) is 3. The third-order valence-electron chi connectivity index (χ3n) is 2.94. The number of carbonyl (C=O) groups excluding carboxylic acids is 1. The molecule has 0 unspecified atom stereocenters. The van der Waals surface area contributed by atoms with E-state index in [4.69, 9.17) is 0 Å². The summed E-state index contributed by atoms with van der Waals surface area (Å²) in [6.07, 6.45) is 3.95. The molecule has 0 atom stereocenters. The van der Waals surface area contributed by atoms with E-state index in [1.807, 2.05) is 30.3 Å². The minimum atomic E-state index is -0.215. The van der Waals surface area contributed by atoms with Crippen LogP contribution in [-0.2, 0) is 0 Å². The molecule has 0 saturated carbocycles. The van der Waals surface area contributed by atoms with E-state index in [1.54, 1.807) is 12.3 Å². The Hall–Kier alpha value is -1.88. The molecule has 0 fully saturated rings. The van der Waals surface area contributed by atoms with E-state index < -0.39 is 0 Å². The summed E-state index contributed by atoms with van der Waals surface area (Å²) in [5.74, 6) is -0.215. The maximum atomic E-state index is 12.1. The first-order valence-electron chi connectivity index (χ1n) is 6.96. The molecule has 0 radical (unpaired) electrons. The summed E-state index contributed by atoms with van der Waals surface area (Å²) in [4.78, 5) is 16.3. The molecule has 0 aliphatic heterocycles. The molecule has 21 heavy (non-hydrogen) atoms. The molecule has 0 saturated heterocycles. The summed E-state index contributed by atoms with van der Waals surface area (Å²) >= 11 is 3.37. The highest BCUT2D eigenvalue weighted by atomic mass is 79.9. The molecule has 2 aromatic rings. The van der Waals surface area contributed by atoms with Crippen molar-refractivity contribution >= 4 is 33.2 Å². The number of nitrogens with zero attached hydrogens (tertiary/aromatic N) is 1. The number of amides is 1. The Morgan fingerprint density at radius 3 is 2.76 bits per heavy atom. The van der Waals surface area contributed by atoms with Gasteiger partial charge in [0, 0.05) is 16.7 Å². The molecule has 1 heterocycles. The van der Waals surface area contributed by atoms with Gasteiger partial charge in [-0.1, -0.05) is 35.3 Å². The highest BCUT2D eigenvalue weighted by Gasteiger charge is 2.07. The standard InChI is InChI=1S/C16H18BrN3O/c1-2-3-9-18-14-7-8-15(19-11-14)16(21)20-13-6-4-5-12(17)10-13/h4-8,10-11,18H,2-3,9H2,1H3,(H,20,21). The third-order valence-corrected chi connectivity index (χ3v) is 3.43. The van der Waals surface area contributed by atoms with Gasteiger partial charge in [-0.3, -0.25) is 4.79 Å². The Labute approximate surface area is 133 Å². The Morgan fingerprint density at radius 2 is 2.10 bits per heavy atom. The van der Waals surface area contributed by atoms with Crippen molar-refractivity contribution in [1.82, 2.24) is 4.98 Å². The molecule has 110 valence electrons. The Balaban J connectivity index is 1.96. The third kappa shape index (κ3) is 4.86. The van der Waals surface area contributed by atoms with E-state index in [2.05, 4.69) is 38.5 Å². The molecule has 2 N–H and O–H groups in total. The number of halogens is 1. The van der Waals surface area contributed by atoms with Gasteiger partial charge >= 0.3 is 0 Å². The second kappa shape index (κ2) is 7.78. The lowest BCUT2D eigenvalue weighted by Crippen LogP contribution is -2.13. The number of anilines is 2. The van der Waals surface area contributed by atoms with Gasteiger partial charge in [0.1, 0.15) is 5.69 Å². The van der Waals surface area contributed by atoms with E-state index in [1.165, 1.54) is 0 Å². The number of hydrogen-bond donors (Lipinski definition) is 2. The van der Waals surface area contributed by atoms with Gasteiger partial charge in [0.15, 0.2) is 0 Å². The van der Waals surface area contributed by atoms with Crippen molar-refractivity contribution in [3.8, 4) is 0 Å². The number of unbranched alkanes of at least 4 members (excludes halogenated alkanes) is 1. The molecular formula is C16H18BrN3O. The van der Waals surface area contributed by atoms with E-state index in [9.17, 15) is 4.79 Å². The van der Waals surface area contributed by atoms with Crippen molar-refractivity contribution in [1.29, 1.82) is 0 Å². The van der Waals surface area contributed by atoms with Crippen molar-refractivity contribution in [3.63, 3.8) is 0 Å². The Bertz CT molecular complexity index is 599. The first-order chi connectivity index (χ1) is 10.2. The first kappa shape index (κ1) is 15.5. The van der Waals surface area contributed by atoms with E-state index in [0.29, 0.717) is 5.69 Å². The minimum absolute atomic E-state index is 0.215. The van der Waals surface area contributed by atoms with E-state index in [0.717, 1.165) is 35.2 Å². The highest BCUT2D eigenvalue weighted by molar-refractivity contribution is 9.10. The molecule has 4 nitrogen and oxygen atoms in total. The number of carbonyl (C=O) groups is 1. The van der Waals surface area contributed by atoms with Gasteiger partial charge in [0.2, 0.25) is 0 Å². The fourth-order valence-electron chi connectivity index (χ4n) is 1.80. The summed E-state index contributed by atoms with van der Waals surface area (Å²) in [7, 11) is 0. The summed E-state index contributed by atoms with van der Waals surface area (Å²) in [5.41, 5.74) is 2.07. The van der Waals surface area contributed by atoms with Crippen molar-refractivity contribution < 1.29 is 4.79 Å². The van der Waals surface area contributed by atoms with Gasteiger partial charge in [-0.05, 0) is 36.8 Å². The molecule has 0 bridgehead atoms. The molecule has 2 rings (SSSR count). The maximum Gasteiger partial charge on any atom is 0.274 e.